The van der Waals surface area contributed by atoms with E-state index in [1.54, 1.807) is 39.7 Å². The van der Waals surface area contributed by atoms with Crippen LogP contribution in [-0.4, -0.2) is 52.4 Å². The number of ether oxygens (including phenoxy) is 3. The number of aryl methyl sites for hydroxylation is 1. The summed E-state index contributed by atoms with van der Waals surface area (Å²) >= 11 is 1.67. The van der Waals surface area contributed by atoms with Gasteiger partial charge in [-0.3, -0.25) is 4.99 Å². The first-order valence-electron chi connectivity index (χ1n) is 8.76. The smallest absolute Gasteiger partial charge is 0.203 e. The second-order valence-electron chi connectivity index (χ2n) is 5.78. The zero-order valence-corrected chi connectivity index (χ0v) is 17.4. The van der Waals surface area contributed by atoms with Crippen LogP contribution in [-0.2, 0) is 12.8 Å². The molecule has 0 atom stereocenters. The van der Waals surface area contributed by atoms with Gasteiger partial charge in [-0.05, 0) is 19.4 Å². The number of rotatable bonds is 9. The minimum absolute atomic E-state index is 0.610. The Morgan fingerprint density at radius 3 is 2.30 bits per heavy atom. The monoisotopic (exact) mass is 392 g/mol. The van der Waals surface area contributed by atoms with Crippen LogP contribution in [0.25, 0.3) is 0 Å². The Labute approximate surface area is 164 Å². The summed E-state index contributed by atoms with van der Waals surface area (Å²) in [5.74, 6) is 2.72. The predicted molar refractivity (Wildman–Crippen MR) is 110 cm³/mol. The maximum atomic E-state index is 5.52. The Kier molecular flexibility index (Phi) is 8.19. The van der Waals surface area contributed by atoms with E-state index < -0.39 is 0 Å². The van der Waals surface area contributed by atoms with Crippen molar-refractivity contribution in [2.45, 2.75) is 19.8 Å². The highest BCUT2D eigenvalue weighted by molar-refractivity contribution is 7.09. The van der Waals surface area contributed by atoms with Gasteiger partial charge in [0, 0.05) is 37.5 Å². The summed E-state index contributed by atoms with van der Waals surface area (Å²) in [6.45, 7) is 3.51. The summed E-state index contributed by atoms with van der Waals surface area (Å²) in [6, 6.07) is 3.88. The summed E-state index contributed by atoms with van der Waals surface area (Å²) in [5, 5.41) is 9.82. The average molecular weight is 393 g/mol. The molecule has 0 radical (unpaired) electrons. The molecule has 2 rings (SSSR count). The second kappa shape index (κ2) is 10.6. The van der Waals surface area contributed by atoms with Gasteiger partial charge in [-0.15, -0.1) is 11.3 Å². The van der Waals surface area contributed by atoms with Gasteiger partial charge in [-0.25, -0.2) is 4.98 Å². The lowest BCUT2D eigenvalue weighted by Gasteiger charge is -2.16. The molecule has 0 spiro atoms. The standard InChI is InChI=1S/C19H28N4O3S/c1-13-23-15(12-27-13)9-11-22-19(20-2)21-10-8-14-6-7-16(24-3)18(26-5)17(14)25-4/h6-7,12H,8-11H2,1-5H3,(H2,20,21,22). The van der Waals surface area contributed by atoms with Crippen LogP contribution in [0.4, 0.5) is 0 Å². The molecule has 1 aromatic heterocycles. The molecular formula is C19H28N4O3S. The molecule has 1 aromatic carbocycles. The first kappa shape index (κ1) is 20.8. The quantitative estimate of drug-likeness (QED) is 0.504. The molecule has 0 bridgehead atoms. The van der Waals surface area contributed by atoms with E-state index in [1.807, 2.05) is 19.1 Å². The van der Waals surface area contributed by atoms with Gasteiger partial charge >= 0.3 is 0 Å². The van der Waals surface area contributed by atoms with E-state index in [0.717, 1.165) is 41.6 Å². The number of methoxy groups -OCH3 is 3. The van der Waals surface area contributed by atoms with Crippen molar-refractivity contribution in [2.75, 3.05) is 41.5 Å². The van der Waals surface area contributed by atoms with Gasteiger partial charge < -0.3 is 24.8 Å². The molecule has 2 N–H and O–H groups in total. The average Bonchev–Trinajstić information content (AvgIpc) is 3.10. The van der Waals surface area contributed by atoms with Gasteiger partial charge in [0.2, 0.25) is 5.75 Å². The number of aromatic nitrogens is 1. The van der Waals surface area contributed by atoms with Crippen LogP contribution in [0.1, 0.15) is 16.3 Å². The number of benzene rings is 1. The summed E-state index contributed by atoms with van der Waals surface area (Å²) in [5.41, 5.74) is 2.14. The normalized spacial score (nSPS) is 11.2. The lowest BCUT2D eigenvalue weighted by atomic mass is 10.1. The van der Waals surface area contributed by atoms with Crippen molar-refractivity contribution in [1.82, 2.24) is 15.6 Å². The summed E-state index contributed by atoms with van der Waals surface area (Å²) in [6.07, 6.45) is 1.63. The van der Waals surface area contributed by atoms with Crippen LogP contribution < -0.4 is 24.8 Å². The minimum atomic E-state index is 0.610. The van der Waals surface area contributed by atoms with Crippen molar-refractivity contribution in [3.8, 4) is 17.2 Å². The number of hydrogen-bond acceptors (Lipinski definition) is 6. The number of hydrogen-bond donors (Lipinski definition) is 2. The fraction of sp³-hybridized carbons (Fsp3) is 0.474. The molecule has 8 heteroatoms. The topological polar surface area (TPSA) is 77.0 Å². The molecular weight excluding hydrogens is 364 g/mol. The molecule has 148 valence electrons. The third-order valence-corrected chi connectivity index (χ3v) is 4.86. The number of thiazole rings is 1. The van der Waals surface area contributed by atoms with Gasteiger partial charge in [-0.1, -0.05) is 6.07 Å². The molecule has 7 nitrogen and oxygen atoms in total. The maximum Gasteiger partial charge on any atom is 0.203 e. The Bertz CT molecular complexity index is 761. The van der Waals surface area contributed by atoms with Crippen molar-refractivity contribution in [3.05, 3.63) is 33.8 Å². The van der Waals surface area contributed by atoms with Crippen molar-refractivity contribution >= 4 is 17.3 Å². The first-order valence-corrected chi connectivity index (χ1v) is 9.64. The van der Waals surface area contributed by atoms with Crippen LogP contribution >= 0.6 is 11.3 Å². The zero-order valence-electron chi connectivity index (χ0n) is 16.6. The van der Waals surface area contributed by atoms with Crippen molar-refractivity contribution in [2.24, 2.45) is 4.99 Å². The number of nitrogens with zero attached hydrogens (tertiary/aromatic N) is 2. The Morgan fingerprint density at radius 1 is 1.04 bits per heavy atom. The molecule has 0 fully saturated rings. The van der Waals surface area contributed by atoms with E-state index in [-0.39, 0.29) is 0 Å². The fourth-order valence-corrected chi connectivity index (χ4v) is 3.38. The van der Waals surface area contributed by atoms with Crippen molar-refractivity contribution in [1.29, 1.82) is 0 Å². The summed E-state index contributed by atoms with van der Waals surface area (Å²) in [7, 11) is 6.62. The molecule has 27 heavy (non-hydrogen) atoms. The Morgan fingerprint density at radius 2 is 1.74 bits per heavy atom. The van der Waals surface area contributed by atoms with E-state index in [1.165, 1.54) is 0 Å². The Balaban J connectivity index is 1.86. The van der Waals surface area contributed by atoms with E-state index in [4.69, 9.17) is 14.2 Å². The van der Waals surface area contributed by atoms with Gasteiger partial charge in [0.15, 0.2) is 17.5 Å². The van der Waals surface area contributed by atoms with Crippen LogP contribution in [0.3, 0.4) is 0 Å². The van der Waals surface area contributed by atoms with Gasteiger partial charge in [-0.2, -0.15) is 0 Å². The molecule has 1 heterocycles. The largest absolute Gasteiger partial charge is 0.493 e. The Hall–Kier alpha value is -2.48. The van der Waals surface area contributed by atoms with E-state index >= 15 is 0 Å². The highest BCUT2D eigenvalue weighted by Crippen LogP contribution is 2.39. The lowest BCUT2D eigenvalue weighted by Crippen LogP contribution is -2.39. The van der Waals surface area contributed by atoms with Crippen LogP contribution in [0.15, 0.2) is 22.5 Å². The van der Waals surface area contributed by atoms with Gasteiger partial charge in [0.25, 0.3) is 0 Å². The number of guanidine groups is 1. The minimum Gasteiger partial charge on any atom is -0.493 e. The van der Waals surface area contributed by atoms with Crippen molar-refractivity contribution < 1.29 is 14.2 Å². The highest BCUT2D eigenvalue weighted by Gasteiger charge is 2.15. The zero-order chi connectivity index (χ0) is 19.6. The molecule has 0 saturated carbocycles. The van der Waals surface area contributed by atoms with Crippen LogP contribution in [0, 0.1) is 6.92 Å². The SMILES string of the molecule is CN=C(NCCc1csc(C)n1)NCCc1ccc(OC)c(OC)c1OC. The molecule has 2 aromatic rings. The van der Waals surface area contributed by atoms with E-state index in [2.05, 4.69) is 26.0 Å². The summed E-state index contributed by atoms with van der Waals surface area (Å²) in [4.78, 5) is 8.73. The molecule has 0 amide bonds. The highest BCUT2D eigenvalue weighted by atomic mass is 32.1. The number of nitrogens with one attached hydrogen (secondary N) is 2. The molecule has 0 saturated heterocycles. The maximum absolute atomic E-state index is 5.52. The van der Waals surface area contributed by atoms with Crippen LogP contribution in [0.2, 0.25) is 0 Å². The number of aliphatic imine (C=N–C) groups is 1. The molecule has 0 aliphatic rings. The fourth-order valence-electron chi connectivity index (χ4n) is 2.73. The van der Waals surface area contributed by atoms with Crippen LogP contribution in [0.5, 0.6) is 17.2 Å². The molecule has 0 aliphatic heterocycles. The molecule has 0 aliphatic carbocycles. The van der Waals surface area contributed by atoms with E-state index in [0.29, 0.717) is 23.8 Å². The predicted octanol–water partition coefficient (Wildman–Crippen LogP) is 2.43. The summed E-state index contributed by atoms with van der Waals surface area (Å²) < 4.78 is 16.3. The second-order valence-corrected chi connectivity index (χ2v) is 6.84. The van der Waals surface area contributed by atoms with Gasteiger partial charge in [0.1, 0.15) is 0 Å². The lowest BCUT2D eigenvalue weighted by molar-refractivity contribution is 0.322. The van der Waals surface area contributed by atoms with E-state index in [9.17, 15) is 0 Å². The third-order valence-electron chi connectivity index (χ3n) is 4.04. The van der Waals surface area contributed by atoms with Gasteiger partial charge in [0.05, 0.1) is 32.0 Å². The van der Waals surface area contributed by atoms with Crippen molar-refractivity contribution in [3.63, 3.8) is 0 Å². The molecule has 0 unspecified atom stereocenters. The first-order chi connectivity index (χ1) is 13.1. The third kappa shape index (κ3) is 5.75.